The normalized spacial score (nSPS) is 19.2. The second kappa shape index (κ2) is 6.57. The predicted octanol–water partition coefficient (Wildman–Crippen LogP) is 3.61. The van der Waals surface area contributed by atoms with Crippen molar-refractivity contribution in [2.45, 2.75) is 17.7 Å². The molecule has 4 rings (SSSR count). The number of fused-ring (bicyclic) bond motifs is 2. The molecule has 2 aliphatic heterocycles. The highest BCUT2D eigenvalue weighted by Crippen LogP contribution is 2.37. The number of ether oxygens (including phenoxy) is 1. The summed E-state index contributed by atoms with van der Waals surface area (Å²) < 4.78 is 33.7. The van der Waals surface area contributed by atoms with E-state index in [4.69, 9.17) is 27.9 Å². The minimum Gasteiger partial charge on any atom is -0.491 e. The Kier molecular flexibility index (Phi) is 4.38. The van der Waals surface area contributed by atoms with Gasteiger partial charge in [-0.1, -0.05) is 35.3 Å². The van der Waals surface area contributed by atoms with Crippen LogP contribution >= 0.6 is 23.2 Å². The minimum absolute atomic E-state index is 0.169. The van der Waals surface area contributed by atoms with Crippen molar-refractivity contribution in [3.05, 3.63) is 57.6 Å². The van der Waals surface area contributed by atoms with Crippen LogP contribution in [0, 0.1) is 0 Å². The zero-order valence-electron chi connectivity index (χ0n) is 13.4. The molecule has 0 atom stereocenters. The number of rotatable bonds is 1. The topological polar surface area (TPSA) is 80.1 Å². The van der Waals surface area contributed by atoms with Gasteiger partial charge in [-0.25, -0.2) is 0 Å². The SMILES string of the molecule is O=S1(=O)N=C(N/N=C2/CCCOc3c2ccc(Cl)c3Cl)c2ccccc21. The van der Waals surface area contributed by atoms with Crippen LogP contribution in [-0.2, 0) is 10.0 Å². The van der Waals surface area contributed by atoms with Crippen LogP contribution in [-0.4, -0.2) is 26.6 Å². The maximum absolute atomic E-state index is 12.1. The number of benzene rings is 2. The van der Waals surface area contributed by atoms with Gasteiger partial charge in [0.2, 0.25) is 0 Å². The second-order valence-electron chi connectivity index (χ2n) is 5.77. The minimum atomic E-state index is -3.69. The molecule has 9 heteroatoms. The van der Waals surface area contributed by atoms with E-state index in [1.165, 1.54) is 6.07 Å². The third-order valence-corrected chi connectivity index (χ3v) is 6.22. The number of hydrogen-bond acceptors (Lipinski definition) is 5. The Morgan fingerprint density at radius 3 is 2.77 bits per heavy atom. The van der Waals surface area contributed by atoms with E-state index in [-0.39, 0.29) is 10.7 Å². The van der Waals surface area contributed by atoms with Crippen LogP contribution in [0.2, 0.25) is 10.0 Å². The van der Waals surface area contributed by atoms with Crippen LogP contribution < -0.4 is 10.2 Å². The van der Waals surface area contributed by atoms with Gasteiger partial charge in [0.05, 0.1) is 17.3 Å². The molecule has 0 aromatic heterocycles. The van der Waals surface area contributed by atoms with Gasteiger partial charge < -0.3 is 4.74 Å². The number of nitrogens with one attached hydrogen (secondary N) is 1. The maximum Gasteiger partial charge on any atom is 0.285 e. The van der Waals surface area contributed by atoms with Crippen LogP contribution in [0.15, 0.2) is 50.8 Å². The van der Waals surface area contributed by atoms with E-state index in [1.807, 2.05) is 0 Å². The van der Waals surface area contributed by atoms with E-state index >= 15 is 0 Å². The number of sulfonamides is 1. The molecule has 0 saturated carbocycles. The van der Waals surface area contributed by atoms with Gasteiger partial charge in [-0.05, 0) is 37.1 Å². The van der Waals surface area contributed by atoms with Crippen molar-refractivity contribution in [3.8, 4) is 5.75 Å². The zero-order chi connectivity index (χ0) is 18.3. The quantitative estimate of drug-likeness (QED) is 0.729. The number of hydrogen-bond donors (Lipinski definition) is 1. The van der Waals surface area contributed by atoms with Crippen LogP contribution in [0.25, 0.3) is 0 Å². The van der Waals surface area contributed by atoms with Crippen LogP contribution in [0.4, 0.5) is 0 Å². The van der Waals surface area contributed by atoms with E-state index < -0.39 is 10.0 Å². The third kappa shape index (κ3) is 2.96. The van der Waals surface area contributed by atoms with E-state index in [1.54, 1.807) is 30.3 Å². The Bertz CT molecular complexity index is 1060. The van der Waals surface area contributed by atoms with Crippen molar-refractivity contribution in [2.24, 2.45) is 9.50 Å². The molecule has 1 N–H and O–H groups in total. The number of hydrazone groups is 1. The maximum atomic E-state index is 12.1. The lowest BCUT2D eigenvalue weighted by molar-refractivity contribution is 0.318. The summed E-state index contributed by atoms with van der Waals surface area (Å²) in [7, 11) is -3.69. The Balaban J connectivity index is 1.72. The first-order valence-electron chi connectivity index (χ1n) is 7.85. The van der Waals surface area contributed by atoms with E-state index in [0.29, 0.717) is 40.1 Å². The lowest BCUT2D eigenvalue weighted by atomic mass is 10.1. The molecule has 0 aliphatic carbocycles. The average Bonchev–Trinajstić information content (AvgIpc) is 2.77. The van der Waals surface area contributed by atoms with Gasteiger partial charge in [-0.3, -0.25) is 5.43 Å². The first kappa shape index (κ1) is 17.3. The largest absolute Gasteiger partial charge is 0.491 e. The predicted molar refractivity (Wildman–Crippen MR) is 101 cm³/mol. The van der Waals surface area contributed by atoms with Crippen LogP contribution in [0.1, 0.15) is 24.0 Å². The summed E-state index contributed by atoms with van der Waals surface area (Å²) in [5, 5.41) is 5.13. The molecule has 0 unspecified atom stereocenters. The summed E-state index contributed by atoms with van der Waals surface area (Å²) in [6, 6.07) is 10.1. The number of nitrogens with zero attached hydrogens (tertiary/aromatic N) is 2. The van der Waals surface area contributed by atoms with Gasteiger partial charge in [-0.15, -0.1) is 4.40 Å². The Labute approximate surface area is 160 Å². The van der Waals surface area contributed by atoms with E-state index in [9.17, 15) is 8.42 Å². The van der Waals surface area contributed by atoms with Crippen molar-refractivity contribution in [1.82, 2.24) is 5.43 Å². The summed E-state index contributed by atoms with van der Waals surface area (Å²) in [6.07, 6.45) is 1.38. The smallest absolute Gasteiger partial charge is 0.285 e. The van der Waals surface area contributed by atoms with Gasteiger partial charge in [0.25, 0.3) is 10.0 Å². The molecule has 0 bridgehead atoms. The highest BCUT2D eigenvalue weighted by atomic mass is 35.5. The lowest BCUT2D eigenvalue weighted by Crippen LogP contribution is -2.19. The Morgan fingerprint density at radius 1 is 1.12 bits per heavy atom. The standard InChI is InChI=1S/C17H13Cl2N3O3S/c18-12-8-7-10-13(5-3-9-25-16(10)15(12)19)20-21-17-11-4-1-2-6-14(11)26(23,24)22-17/h1-2,4,6-8H,3,5,9H2,(H,21,22)/b20-13-. The molecule has 6 nitrogen and oxygen atoms in total. The van der Waals surface area contributed by atoms with Gasteiger partial charge in [-0.2, -0.15) is 13.5 Å². The van der Waals surface area contributed by atoms with Crippen LogP contribution in [0.5, 0.6) is 5.75 Å². The van der Waals surface area contributed by atoms with Crippen molar-refractivity contribution in [3.63, 3.8) is 0 Å². The van der Waals surface area contributed by atoms with Gasteiger partial charge in [0.1, 0.15) is 15.7 Å². The first-order chi connectivity index (χ1) is 12.5. The molecule has 26 heavy (non-hydrogen) atoms. The van der Waals surface area contributed by atoms with E-state index in [0.717, 1.165) is 12.0 Å². The molecule has 2 aromatic carbocycles. The lowest BCUT2D eigenvalue weighted by Gasteiger charge is -2.11. The van der Waals surface area contributed by atoms with E-state index in [2.05, 4.69) is 14.9 Å². The molecule has 0 radical (unpaired) electrons. The van der Waals surface area contributed by atoms with Crippen LogP contribution in [0.3, 0.4) is 0 Å². The fourth-order valence-corrected chi connectivity index (χ4v) is 4.41. The van der Waals surface area contributed by atoms with Crippen molar-refractivity contribution < 1.29 is 13.2 Å². The molecule has 0 fully saturated rings. The monoisotopic (exact) mass is 409 g/mol. The third-order valence-electron chi connectivity index (χ3n) is 4.09. The fourth-order valence-electron chi connectivity index (χ4n) is 2.87. The summed E-state index contributed by atoms with van der Waals surface area (Å²) in [6.45, 7) is 0.490. The second-order valence-corrected chi connectivity index (χ2v) is 8.13. The highest BCUT2D eigenvalue weighted by molar-refractivity contribution is 7.90. The molecule has 0 amide bonds. The van der Waals surface area contributed by atoms with Gasteiger partial charge >= 0.3 is 0 Å². The Morgan fingerprint density at radius 2 is 1.92 bits per heavy atom. The van der Waals surface area contributed by atoms with Crippen molar-refractivity contribution in [2.75, 3.05) is 6.61 Å². The Hall–Kier alpha value is -2.09. The molecule has 134 valence electrons. The number of halogens is 2. The molecular weight excluding hydrogens is 397 g/mol. The molecular formula is C17H13Cl2N3O3S. The summed E-state index contributed by atoms with van der Waals surface area (Å²) >= 11 is 12.3. The highest BCUT2D eigenvalue weighted by Gasteiger charge is 2.28. The zero-order valence-corrected chi connectivity index (χ0v) is 15.7. The molecule has 2 aliphatic rings. The first-order valence-corrected chi connectivity index (χ1v) is 10.0. The number of amidine groups is 1. The molecule has 0 saturated heterocycles. The molecule has 2 heterocycles. The summed E-state index contributed by atoms with van der Waals surface area (Å²) in [4.78, 5) is 0.169. The summed E-state index contributed by atoms with van der Waals surface area (Å²) in [5.74, 6) is 0.679. The molecule has 2 aromatic rings. The summed E-state index contributed by atoms with van der Waals surface area (Å²) in [5.41, 5.74) is 4.71. The van der Waals surface area contributed by atoms with Crippen molar-refractivity contribution >= 4 is 44.8 Å². The van der Waals surface area contributed by atoms with Gasteiger partial charge in [0.15, 0.2) is 5.84 Å². The van der Waals surface area contributed by atoms with Crippen molar-refractivity contribution in [1.29, 1.82) is 0 Å². The van der Waals surface area contributed by atoms with Gasteiger partial charge in [0, 0.05) is 11.1 Å². The fraction of sp³-hybridized carbons (Fsp3) is 0.176. The average molecular weight is 410 g/mol. The molecule has 0 spiro atoms.